The molecule has 4 atom stereocenters. The van der Waals surface area contributed by atoms with E-state index in [0.717, 1.165) is 37.7 Å². The molecule has 0 aliphatic heterocycles. The van der Waals surface area contributed by atoms with Crippen LogP contribution in [0, 0.1) is 17.3 Å². The van der Waals surface area contributed by atoms with E-state index in [2.05, 4.69) is 6.92 Å². The lowest BCUT2D eigenvalue weighted by atomic mass is 9.55. The smallest absolute Gasteiger partial charge is 0.430 e. The molecule has 1 aromatic rings. The van der Waals surface area contributed by atoms with Gasteiger partial charge in [-0.2, -0.15) is 8.42 Å². The molecule has 0 bridgehead atoms. The number of hydrogen-bond acceptors (Lipinski definition) is 5. The highest BCUT2D eigenvalue weighted by Crippen LogP contribution is 2.59. The number of carbonyl (C=O) groups excluding carboxylic acids is 2. The molecule has 0 saturated heterocycles. The highest BCUT2D eigenvalue weighted by Gasteiger charge is 2.54. The Kier molecular flexibility index (Phi) is 5.25. The molecule has 0 spiro atoms. The van der Waals surface area contributed by atoms with Gasteiger partial charge in [-0.1, -0.05) is 13.0 Å². The number of ether oxygens (including phenoxy) is 1. The zero-order valence-electron chi connectivity index (χ0n) is 18.6. The number of amides is 1. The molecule has 1 aromatic carbocycles. The van der Waals surface area contributed by atoms with E-state index < -0.39 is 22.0 Å². The molecule has 7 nitrogen and oxygen atoms in total. The molecule has 3 aliphatic rings. The van der Waals surface area contributed by atoms with Gasteiger partial charge in [-0.3, -0.25) is 9.35 Å². The fourth-order valence-corrected chi connectivity index (χ4v) is 6.71. The van der Waals surface area contributed by atoms with Crippen molar-refractivity contribution in [1.82, 2.24) is 0 Å². The molecule has 1 amide bonds. The number of hydrogen-bond donors (Lipinski definition) is 1. The van der Waals surface area contributed by atoms with Gasteiger partial charge in [0.2, 0.25) is 0 Å². The Balaban J connectivity index is 1.66. The van der Waals surface area contributed by atoms with E-state index in [9.17, 15) is 22.6 Å². The third-order valence-electron chi connectivity index (χ3n) is 7.44. The second-order valence-electron chi connectivity index (χ2n) is 10.4. The van der Waals surface area contributed by atoms with Gasteiger partial charge in [0.05, 0.1) is 5.69 Å². The predicted molar refractivity (Wildman–Crippen MR) is 116 cm³/mol. The summed E-state index contributed by atoms with van der Waals surface area (Å²) in [5.41, 5.74) is 1.13. The van der Waals surface area contributed by atoms with Crippen LogP contribution in [0.5, 0.6) is 0 Å². The van der Waals surface area contributed by atoms with Crippen LogP contribution in [0.2, 0.25) is 0 Å². The van der Waals surface area contributed by atoms with Crippen LogP contribution in [0.25, 0.3) is 0 Å². The molecule has 1 N–H and O–H groups in total. The number of anilines is 1. The first-order valence-electron chi connectivity index (χ1n) is 11.0. The number of rotatable bonds is 2. The van der Waals surface area contributed by atoms with E-state index in [1.807, 2.05) is 6.07 Å². The highest BCUT2D eigenvalue weighted by atomic mass is 32.2. The van der Waals surface area contributed by atoms with Crippen LogP contribution in [0.3, 0.4) is 0 Å². The van der Waals surface area contributed by atoms with Crippen LogP contribution < -0.4 is 4.31 Å². The van der Waals surface area contributed by atoms with Gasteiger partial charge in [-0.15, -0.1) is 4.31 Å². The zero-order chi connectivity index (χ0) is 22.8. The molecule has 2 fully saturated rings. The van der Waals surface area contributed by atoms with Crippen molar-refractivity contribution in [2.24, 2.45) is 17.3 Å². The number of ketones is 1. The van der Waals surface area contributed by atoms with Crippen LogP contribution in [0.1, 0.15) is 76.8 Å². The molecule has 0 aromatic heterocycles. The van der Waals surface area contributed by atoms with Crippen LogP contribution in [0.4, 0.5) is 10.5 Å². The van der Waals surface area contributed by atoms with E-state index in [0.29, 0.717) is 34.3 Å². The summed E-state index contributed by atoms with van der Waals surface area (Å²) in [4.78, 5) is 25.0. The first-order valence-corrected chi connectivity index (χ1v) is 12.4. The minimum atomic E-state index is -4.84. The Hall–Kier alpha value is -1.93. The molecule has 4 rings (SSSR count). The molecule has 170 valence electrons. The number of fused-ring (bicyclic) bond motifs is 5. The lowest BCUT2D eigenvalue weighted by Gasteiger charge is -2.48. The first-order chi connectivity index (χ1) is 14.3. The summed E-state index contributed by atoms with van der Waals surface area (Å²) in [6, 6.07) is 5.12. The second-order valence-corrected chi connectivity index (χ2v) is 11.7. The maximum atomic E-state index is 12.5. The fraction of sp³-hybridized carbons (Fsp3) is 0.652. The summed E-state index contributed by atoms with van der Waals surface area (Å²) in [6.07, 6.45) is 4.00. The molecule has 3 unspecified atom stereocenters. The normalized spacial score (nSPS) is 30.2. The number of carbonyl (C=O) groups is 2. The SMILES string of the molecule is CC(C)(C)OC(=O)N(c1ccc2c(c1)CCC1C2CC[C@]2(C)C(=O)CCC12)S(=O)(=O)O. The monoisotopic (exact) mass is 449 g/mol. The summed E-state index contributed by atoms with van der Waals surface area (Å²) in [5, 5.41) is 0. The number of benzene rings is 1. The Morgan fingerprint density at radius 3 is 2.55 bits per heavy atom. The van der Waals surface area contributed by atoms with Crippen LogP contribution in [-0.2, 0) is 26.3 Å². The molecule has 0 radical (unpaired) electrons. The fourth-order valence-electron chi connectivity index (χ4n) is 6.10. The predicted octanol–water partition coefficient (Wildman–Crippen LogP) is 4.66. The molecule has 31 heavy (non-hydrogen) atoms. The second kappa shape index (κ2) is 7.30. The lowest BCUT2D eigenvalue weighted by Crippen LogP contribution is -2.43. The van der Waals surface area contributed by atoms with Crippen molar-refractivity contribution >= 4 is 27.9 Å². The maximum Gasteiger partial charge on any atom is 0.430 e. The molecule has 0 heterocycles. The van der Waals surface area contributed by atoms with E-state index >= 15 is 0 Å². The van der Waals surface area contributed by atoms with Gasteiger partial charge in [0.15, 0.2) is 0 Å². The van der Waals surface area contributed by atoms with Crippen molar-refractivity contribution in [1.29, 1.82) is 0 Å². The van der Waals surface area contributed by atoms with Gasteiger partial charge in [-0.05, 0) is 93.9 Å². The minimum Gasteiger partial charge on any atom is -0.443 e. The summed E-state index contributed by atoms with van der Waals surface area (Å²) in [6.45, 7) is 7.02. The molecular formula is C23H31NO6S. The van der Waals surface area contributed by atoms with E-state index in [1.54, 1.807) is 32.9 Å². The minimum absolute atomic E-state index is 0.0747. The van der Waals surface area contributed by atoms with Crippen LogP contribution in [-0.4, -0.2) is 30.4 Å². The summed E-state index contributed by atoms with van der Waals surface area (Å²) in [5.74, 6) is 1.59. The number of aryl methyl sites for hydroxylation is 1. The molecular weight excluding hydrogens is 418 g/mol. The van der Waals surface area contributed by atoms with Gasteiger partial charge >= 0.3 is 16.4 Å². The summed E-state index contributed by atoms with van der Waals surface area (Å²) >= 11 is 0. The molecule has 2 saturated carbocycles. The van der Waals surface area contributed by atoms with Crippen LogP contribution in [0.15, 0.2) is 18.2 Å². The highest BCUT2D eigenvalue weighted by molar-refractivity contribution is 7.88. The van der Waals surface area contributed by atoms with Crippen LogP contribution >= 0.6 is 0 Å². The van der Waals surface area contributed by atoms with Gasteiger partial charge in [-0.25, -0.2) is 4.79 Å². The standard InChI is InChI=1S/C23H31NO6S/c1-22(2,3)30-21(26)24(31(27,28)29)15-6-8-16-14(13-15)5-7-18-17(16)11-12-23(4)19(18)9-10-20(23)25/h6,8,13,17-19H,5,7,9-12H2,1-4H3,(H,27,28,29)/t17?,18?,19?,23-/m0/s1. The maximum absolute atomic E-state index is 12.5. The first kappa shape index (κ1) is 22.3. The average Bonchev–Trinajstić information content (AvgIpc) is 2.94. The summed E-state index contributed by atoms with van der Waals surface area (Å²) < 4.78 is 39.2. The quantitative estimate of drug-likeness (QED) is 0.659. The Morgan fingerprint density at radius 1 is 1.19 bits per heavy atom. The van der Waals surface area contributed by atoms with Crippen molar-refractivity contribution in [3.63, 3.8) is 0 Å². The molecule has 8 heteroatoms. The van der Waals surface area contributed by atoms with Gasteiger partial charge < -0.3 is 4.74 Å². The van der Waals surface area contributed by atoms with Gasteiger partial charge in [0.1, 0.15) is 11.4 Å². The zero-order valence-corrected chi connectivity index (χ0v) is 19.4. The Morgan fingerprint density at radius 2 is 1.90 bits per heavy atom. The lowest BCUT2D eigenvalue weighted by molar-refractivity contribution is -0.129. The van der Waals surface area contributed by atoms with Crippen molar-refractivity contribution in [3.8, 4) is 0 Å². The van der Waals surface area contributed by atoms with Gasteiger partial charge in [0.25, 0.3) is 0 Å². The van der Waals surface area contributed by atoms with E-state index in [1.165, 1.54) is 5.56 Å². The number of nitrogens with zero attached hydrogens (tertiary/aromatic N) is 1. The van der Waals surface area contributed by atoms with E-state index in [-0.39, 0.29) is 11.1 Å². The summed E-state index contributed by atoms with van der Waals surface area (Å²) in [7, 11) is -4.84. The van der Waals surface area contributed by atoms with E-state index in [4.69, 9.17) is 4.74 Å². The topological polar surface area (TPSA) is 101 Å². The third kappa shape index (κ3) is 3.89. The van der Waals surface area contributed by atoms with Crippen molar-refractivity contribution in [2.45, 2.75) is 77.7 Å². The largest absolute Gasteiger partial charge is 0.443 e. The van der Waals surface area contributed by atoms with Crippen molar-refractivity contribution in [2.75, 3.05) is 4.31 Å². The van der Waals surface area contributed by atoms with Gasteiger partial charge in [0, 0.05) is 11.8 Å². The average molecular weight is 450 g/mol. The van der Waals surface area contributed by atoms with Crippen molar-refractivity contribution in [3.05, 3.63) is 29.3 Å². The Bertz CT molecular complexity index is 1030. The molecule has 3 aliphatic carbocycles. The Labute approximate surface area is 184 Å². The van der Waals surface area contributed by atoms with Crippen molar-refractivity contribution < 1.29 is 27.3 Å². The third-order valence-corrected chi connectivity index (χ3v) is 8.27. The number of Topliss-reactive ketones (excluding diaryl/α,β-unsaturated/α-hetero) is 1.